The molecule has 0 saturated carbocycles. The summed E-state index contributed by atoms with van der Waals surface area (Å²) in [6.45, 7) is 3.10. The predicted molar refractivity (Wildman–Crippen MR) is 168 cm³/mol. The number of halogens is 1. The van der Waals surface area contributed by atoms with Gasteiger partial charge >= 0.3 is 0 Å². The lowest BCUT2D eigenvalue weighted by atomic mass is 9.98. The van der Waals surface area contributed by atoms with Crippen LogP contribution in [-0.4, -0.2) is 11.0 Å². The van der Waals surface area contributed by atoms with E-state index in [1.807, 2.05) is 0 Å². The molecule has 0 fully saturated rings. The van der Waals surface area contributed by atoms with Gasteiger partial charge in [-0.3, -0.25) is 0 Å². The number of ether oxygens (including phenoxy) is 1. The van der Waals surface area contributed by atoms with Crippen molar-refractivity contribution in [2.24, 2.45) is 0 Å². The standard InChI is InChI=1S/C34H47IO/c1-2-3-4-5-10-13-16-29-17-19-30(20-18-29)31-21-22-33-28-34(24-23-32(33)27-31)36-26-15-12-9-7-6-8-11-14-25-35/h17-24,27-28H,2-16,25-26H2,1H3. The molecular formula is C34H47IO. The van der Waals surface area contributed by atoms with E-state index in [0.29, 0.717) is 0 Å². The van der Waals surface area contributed by atoms with Crippen LogP contribution in [0.3, 0.4) is 0 Å². The summed E-state index contributed by atoms with van der Waals surface area (Å²) in [6.07, 6.45) is 20.1. The Morgan fingerprint density at radius 3 is 1.86 bits per heavy atom. The van der Waals surface area contributed by atoms with Crippen LogP contribution in [0, 0.1) is 0 Å². The van der Waals surface area contributed by atoms with Crippen LogP contribution in [0.15, 0.2) is 60.7 Å². The normalized spacial score (nSPS) is 11.3. The van der Waals surface area contributed by atoms with Crippen LogP contribution in [0.4, 0.5) is 0 Å². The number of hydrogen-bond donors (Lipinski definition) is 0. The van der Waals surface area contributed by atoms with Gasteiger partial charge in [0.1, 0.15) is 5.75 Å². The number of unbranched alkanes of at least 4 members (excludes halogenated alkanes) is 12. The van der Waals surface area contributed by atoms with Crippen molar-refractivity contribution in [2.45, 2.75) is 103 Å². The molecule has 0 amide bonds. The largest absolute Gasteiger partial charge is 0.494 e. The van der Waals surface area contributed by atoms with Crippen molar-refractivity contribution in [3.05, 3.63) is 66.2 Å². The van der Waals surface area contributed by atoms with E-state index in [1.165, 1.54) is 122 Å². The average molecular weight is 599 g/mol. The zero-order valence-electron chi connectivity index (χ0n) is 22.6. The third-order valence-corrected chi connectivity index (χ3v) is 7.98. The second-order valence-electron chi connectivity index (χ2n) is 10.3. The SMILES string of the molecule is CCCCCCCCc1ccc(-c2ccc3cc(OCCCCCCCCCCI)ccc3c2)cc1. The van der Waals surface area contributed by atoms with Crippen LogP contribution in [0.1, 0.15) is 102 Å². The second kappa shape index (κ2) is 17.8. The van der Waals surface area contributed by atoms with E-state index >= 15 is 0 Å². The van der Waals surface area contributed by atoms with Crippen LogP contribution in [0.5, 0.6) is 5.75 Å². The first-order chi connectivity index (χ1) is 17.8. The number of hydrogen-bond acceptors (Lipinski definition) is 1. The summed E-state index contributed by atoms with van der Waals surface area (Å²) in [5.74, 6) is 0.994. The lowest BCUT2D eigenvalue weighted by Crippen LogP contribution is -1.97. The number of alkyl halides is 1. The summed E-state index contributed by atoms with van der Waals surface area (Å²) in [4.78, 5) is 0. The summed E-state index contributed by atoms with van der Waals surface area (Å²) in [7, 11) is 0. The predicted octanol–water partition coefficient (Wildman–Crippen LogP) is 11.3. The van der Waals surface area contributed by atoms with Gasteiger partial charge in [-0.1, -0.05) is 143 Å². The highest BCUT2D eigenvalue weighted by atomic mass is 127. The molecule has 0 aliphatic rings. The average Bonchev–Trinajstić information content (AvgIpc) is 2.91. The number of fused-ring (bicyclic) bond motifs is 1. The number of rotatable bonds is 19. The minimum Gasteiger partial charge on any atom is -0.494 e. The quantitative estimate of drug-likeness (QED) is 0.0758. The first-order valence-electron chi connectivity index (χ1n) is 14.6. The molecule has 36 heavy (non-hydrogen) atoms. The van der Waals surface area contributed by atoms with Crippen molar-refractivity contribution in [1.82, 2.24) is 0 Å². The Bertz CT molecular complexity index is 978. The maximum absolute atomic E-state index is 6.06. The van der Waals surface area contributed by atoms with Gasteiger partial charge in [0, 0.05) is 0 Å². The molecule has 3 aromatic carbocycles. The highest BCUT2D eigenvalue weighted by molar-refractivity contribution is 14.1. The highest BCUT2D eigenvalue weighted by Crippen LogP contribution is 2.28. The molecule has 0 radical (unpaired) electrons. The maximum atomic E-state index is 6.06. The van der Waals surface area contributed by atoms with Gasteiger partial charge in [-0.2, -0.15) is 0 Å². The number of benzene rings is 3. The Morgan fingerprint density at radius 2 is 1.14 bits per heavy atom. The molecule has 2 heteroatoms. The first kappa shape index (κ1) is 29.0. The molecule has 0 saturated heterocycles. The third-order valence-electron chi connectivity index (χ3n) is 7.21. The molecule has 0 aliphatic carbocycles. The van der Waals surface area contributed by atoms with Crippen molar-refractivity contribution in [3.8, 4) is 16.9 Å². The molecule has 3 aromatic rings. The van der Waals surface area contributed by atoms with Crippen molar-refractivity contribution in [3.63, 3.8) is 0 Å². The molecule has 0 aromatic heterocycles. The van der Waals surface area contributed by atoms with Gasteiger partial charge in [0.05, 0.1) is 6.61 Å². The summed E-state index contributed by atoms with van der Waals surface area (Å²) in [5.41, 5.74) is 4.05. The van der Waals surface area contributed by atoms with Crippen molar-refractivity contribution >= 4 is 33.4 Å². The van der Waals surface area contributed by atoms with E-state index in [4.69, 9.17) is 4.74 Å². The molecule has 0 bridgehead atoms. The molecule has 0 aliphatic heterocycles. The van der Waals surface area contributed by atoms with Gasteiger partial charge in [0.25, 0.3) is 0 Å². The third kappa shape index (κ3) is 10.8. The van der Waals surface area contributed by atoms with Gasteiger partial charge < -0.3 is 4.74 Å². The van der Waals surface area contributed by atoms with E-state index in [0.717, 1.165) is 18.8 Å². The van der Waals surface area contributed by atoms with Gasteiger partial charge in [0.2, 0.25) is 0 Å². The summed E-state index contributed by atoms with van der Waals surface area (Å²) in [6, 6.07) is 22.5. The minimum absolute atomic E-state index is 0.823. The molecule has 0 atom stereocenters. The van der Waals surface area contributed by atoms with Crippen LogP contribution >= 0.6 is 22.6 Å². The molecule has 196 valence electrons. The van der Waals surface area contributed by atoms with Crippen molar-refractivity contribution in [2.75, 3.05) is 11.0 Å². The summed E-state index contributed by atoms with van der Waals surface area (Å²) >= 11 is 2.48. The van der Waals surface area contributed by atoms with Gasteiger partial charge in [0.15, 0.2) is 0 Å². The number of aryl methyl sites for hydroxylation is 1. The molecule has 0 N–H and O–H groups in total. The minimum atomic E-state index is 0.823. The van der Waals surface area contributed by atoms with E-state index in [9.17, 15) is 0 Å². The molecular weight excluding hydrogens is 551 g/mol. The zero-order valence-corrected chi connectivity index (χ0v) is 24.7. The summed E-state index contributed by atoms with van der Waals surface area (Å²) in [5, 5.41) is 2.53. The second-order valence-corrected chi connectivity index (χ2v) is 11.4. The lowest BCUT2D eigenvalue weighted by Gasteiger charge is -2.09. The van der Waals surface area contributed by atoms with Crippen LogP contribution in [-0.2, 0) is 6.42 Å². The topological polar surface area (TPSA) is 9.23 Å². The molecule has 1 nitrogen and oxygen atoms in total. The Morgan fingerprint density at radius 1 is 0.556 bits per heavy atom. The van der Waals surface area contributed by atoms with Crippen LogP contribution in [0.25, 0.3) is 21.9 Å². The Balaban J connectivity index is 1.40. The monoisotopic (exact) mass is 598 g/mol. The molecule has 3 rings (SSSR count). The first-order valence-corrected chi connectivity index (χ1v) is 16.1. The fourth-order valence-corrected chi connectivity index (χ4v) is 5.45. The maximum Gasteiger partial charge on any atom is 0.119 e. The van der Waals surface area contributed by atoms with Crippen molar-refractivity contribution in [1.29, 1.82) is 0 Å². The smallest absolute Gasteiger partial charge is 0.119 e. The van der Waals surface area contributed by atoms with E-state index in [-0.39, 0.29) is 0 Å². The van der Waals surface area contributed by atoms with Gasteiger partial charge in [-0.25, -0.2) is 0 Å². The molecule has 0 unspecified atom stereocenters. The highest BCUT2D eigenvalue weighted by Gasteiger charge is 2.03. The Kier molecular flexibility index (Phi) is 14.4. The van der Waals surface area contributed by atoms with Crippen LogP contribution < -0.4 is 4.74 Å². The molecule has 0 spiro atoms. The van der Waals surface area contributed by atoms with E-state index < -0.39 is 0 Å². The van der Waals surface area contributed by atoms with Gasteiger partial charge in [-0.05, 0) is 75.8 Å². The van der Waals surface area contributed by atoms with Gasteiger partial charge in [-0.15, -0.1) is 0 Å². The molecule has 0 heterocycles. The van der Waals surface area contributed by atoms with E-state index in [2.05, 4.69) is 90.2 Å². The zero-order chi connectivity index (χ0) is 25.3. The Hall–Kier alpha value is -1.55. The van der Waals surface area contributed by atoms with Crippen molar-refractivity contribution < 1.29 is 4.74 Å². The lowest BCUT2D eigenvalue weighted by molar-refractivity contribution is 0.304. The fourth-order valence-electron chi connectivity index (χ4n) is 4.91. The fraction of sp³-hybridized carbons (Fsp3) is 0.529. The van der Waals surface area contributed by atoms with E-state index in [1.54, 1.807) is 0 Å². The summed E-state index contributed by atoms with van der Waals surface area (Å²) < 4.78 is 7.36. The Labute approximate surface area is 234 Å². The van der Waals surface area contributed by atoms with Crippen LogP contribution in [0.2, 0.25) is 0 Å².